The fourth-order valence-corrected chi connectivity index (χ4v) is 2.28. The van der Waals surface area contributed by atoms with E-state index in [1.807, 2.05) is 23.7 Å². The van der Waals surface area contributed by atoms with E-state index in [1.54, 1.807) is 0 Å². The maximum Gasteiger partial charge on any atom is 0.0649 e. The standard InChI is InChI=1S/C13H16BrN3/c1-9-13(7-8-15)10(2)17(16-9)12-5-3-11(14)4-6-12/h3-6H,7-8,15H2,1-2H3. The lowest BCUT2D eigenvalue weighted by atomic mass is 10.1. The normalized spacial score (nSPS) is 10.8. The summed E-state index contributed by atoms with van der Waals surface area (Å²) in [5.41, 5.74) is 10.2. The minimum atomic E-state index is 0.660. The quantitative estimate of drug-likeness (QED) is 0.946. The van der Waals surface area contributed by atoms with Gasteiger partial charge in [-0.05, 0) is 56.6 Å². The van der Waals surface area contributed by atoms with Crippen LogP contribution in [-0.4, -0.2) is 16.3 Å². The van der Waals surface area contributed by atoms with Crippen LogP contribution in [0.4, 0.5) is 0 Å². The number of aromatic nitrogens is 2. The Kier molecular flexibility index (Phi) is 3.64. The third-order valence-corrected chi connectivity index (χ3v) is 3.44. The number of rotatable bonds is 3. The molecule has 0 amide bonds. The van der Waals surface area contributed by atoms with Crippen LogP contribution in [0.25, 0.3) is 5.69 Å². The SMILES string of the molecule is Cc1nn(-c2ccc(Br)cc2)c(C)c1CCN. The van der Waals surface area contributed by atoms with E-state index in [2.05, 4.69) is 40.1 Å². The Bertz CT molecular complexity index is 514. The highest BCUT2D eigenvalue weighted by molar-refractivity contribution is 9.10. The Hall–Kier alpha value is -1.13. The molecule has 0 radical (unpaired) electrons. The van der Waals surface area contributed by atoms with Gasteiger partial charge in [0.15, 0.2) is 0 Å². The van der Waals surface area contributed by atoms with Gasteiger partial charge in [-0.25, -0.2) is 4.68 Å². The number of benzene rings is 1. The highest BCUT2D eigenvalue weighted by Crippen LogP contribution is 2.19. The average molecular weight is 294 g/mol. The van der Waals surface area contributed by atoms with Crippen molar-refractivity contribution in [1.82, 2.24) is 9.78 Å². The van der Waals surface area contributed by atoms with Gasteiger partial charge in [0.1, 0.15) is 0 Å². The fourth-order valence-electron chi connectivity index (χ4n) is 2.01. The van der Waals surface area contributed by atoms with Crippen molar-refractivity contribution in [2.75, 3.05) is 6.54 Å². The molecule has 0 saturated heterocycles. The molecule has 0 aliphatic heterocycles. The zero-order valence-corrected chi connectivity index (χ0v) is 11.7. The number of halogens is 1. The summed E-state index contributed by atoms with van der Waals surface area (Å²) in [5, 5.41) is 4.57. The number of aryl methyl sites for hydroxylation is 1. The first-order valence-corrected chi connectivity index (χ1v) is 6.44. The maximum atomic E-state index is 5.62. The Morgan fingerprint density at radius 3 is 2.47 bits per heavy atom. The maximum absolute atomic E-state index is 5.62. The molecule has 1 aromatic carbocycles. The van der Waals surface area contributed by atoms with Gasteiger partial charge in [0.25, 0.3) is 0 Å². The van der Waals surface area contributed by atoms with Gasteiger partial charge < -0.3 is 5.73 Å². The first-order valence-electron chi connectivity index (χ1n) is 5.64. The van der Waals surface area contributed by atoms with Gasteiger partial charge in [-0.3, -0.25) is 0 Å². The molecule has 17 heavy (non-hydrogen) atoms. The van der Waals surface area contributed by atoms with Gasteiger partial charge in [-0.1, -0.05) is 15.9 Å². The van der Waals surface area contributed by atoms with Crippen LogP contribution in [0.5, 0.6) is 0 Å². The van der Waals surface area contributed by atoms with E-state index in [4.69, 9.17) is 5.73 Å². The molecule has 0 saturated carbocycles. The average Bonchev–Trinajstić information content (AvgIpc) is 2.59. The summed E-state index contributed by atoms with van der Waals surface area (Å²) in [4.78, 5) is 0. The van der Waals surface area contributed by atoms with E-state index in [9.17, 15) is 0 Å². The van der Waals surface area contributed by atoms with Crippen molar-refractivity contribution in [2.45, 2.75) is 20.3 Å². The number of hydrogen-bond donors (Lipinski definition) is 1. The molecule has 0 unspecified atom stereocenters. The minimum absolute atomic E-state index is 0.660. The Balaban J connectivity index is 2.46. The number of nitrogens with two attached hydrogens (primary N) is 1. The molecular formula is C13H16BrN3. The first-order chi connectivity index (χ1) is 8.13. The first kappa shape index (κ1) is 12.3. The van der Waals surface area contributed by atoms with Crippen LogP contribution in [0.3, 0.4) is 0 Å². The molecule has 0 spiro atoms. The van der Waals surface area contributed by atoms with Gasteiger partial charge in [0.2, 0.25) is 0 Å². The topological polar surface area (TPSA) is 43.8 Å². The zero-order chi connectivity index (χ0) is 12.4. The van der Waals surface area contributed by atoms with Crippen LogP contribution in [-0.2, 0) is 6.42 Å². The molecule has 0 atom stereocenters. The van der Waals surface area contributed by atoms with Crippen LogP contribution >= 0.6 is 15.9 Å². The van der Waals surface area contributed by atoms with Gasteiger partial charge in [0.05, 0.1) is 11.4 Å². The molecule has 90 valence electrons. The highest BCUT2D eigenvalue weighted by atomic mass is 79.9. The molecule has 0 bridgehead atoms. The van der Waals surface area contributed by atoms with E-state index < -0.39 is 0 Å². The summed E-state index contributed by atoms with van der Waals surface area (Å²) in [6, 6.07) is 8.15. The molecule has 2 aromatic rings. The van der Waals surface area contributed by atoms with Crippen molar-refractivity contribution in [2.24, 2.45) is 5.73 Å². The molecule has 1 heterocycles. The largest absolute Gasteiger partial charge is 0.330 e. The zero-order valence-electron chi connectivity index (χ0n) is 10.1. The third kappa shape index (κ3) is 2.42. The summed E-state index contributed by atoms with van der Waals surface area (Å²) in [7, 11) is 0. The Morgan fingerprint density at radius 2 is 1.88 bits per heavy atom. The number of nitrogens with zero attached hydrogens (tertiary/aromatic N) is 2. The van der Waals surface area contributed by atoms with Crippen molar-refractivity contribution >= 4 is 15.9 Å². The molecule has 0 aliphatic carbocycles. The third-order valence-electron chi connectivity index (χ3n) is 2.91. The van der Waals surface area contributed by atoms with Gasteiger partial charge in [0, 0.05) is 10.2 Å². The molecular weight excluding hydrogens is 278 g/mol. The van der Waals surface area contributed by atoms with Crippen molar-refractivity contribution < 1.29 is 0 Å². The van der Waals surface area contributed by atoms with E-state index in [0.29, 0.717) is 6.54 Å². The molecule has 2 rings (SSSR count). The number of hydrogen-bond acceptors (Lipinski definition) is 2. The van der Waals surface area contributed by atoms with Gasteiger partial charge in [-0.2, -0.15) is 5.10 Å². The lowest BCUT2D eigenvalue weighted by Crippen LogP contribution is -2.05. The van der Waals surface area contributed by atoms with Gasteiger partial charge in [-0.15, -0.1) is 0 Å². The molecule has 1 aromatic heterocycles. The molecule has 0 aliphatic rings. The van der Waals surface area contributed by atoms with E-state index in [0.717, 1.165) is 22.3 Å². The predicted octanol–water partition coefficient (Wildman–Crippen LogP) is 2.75. The summed E-state index contributed by atoms with van der Waals surface area (Å²) < 4.78 is 3.05. The summed E-state index contributed by atoms with van der Waals surface area (Å²) in [5.74, 6) is 0. The lowest BCUT2D eigenvalue weighted by Gasteiger charge is -2.05. The summed E-state index contributed by atoms with van der Waals surface area (Å²) >= 11 is 3.43. The molecule has 4 heteroatoms. The van der Waals surface area contributed by atoms with Crippen LogP contribution < -0.4 is 5.73 Å². The fraction of sp³-hybridized carbons (Fsp3) is 0.308. The monoisotopic (exact) mass is 293 g/mol. The second-order valence-electron chi connectivity index (χ2n) is 4.08. The van der Waals surface area contributed by atoms with E-state index >= 15 is 0 Å². The van der Waals surface area contributed by atoms with Crippen LogP contribution in [0, 0.1) is 13.8 Å². The van der Waals surface area contributed by atoms with E-state index in [-0.39, 0.29) is 0 Å². The van der Waals surface area contributed by atoms with Gasteiger partial charge >= 0.3 is 0 Å². The van der Waals surface area contributed by atoms with Crippen molar-refractivity contribution in [1.29, 1.82) is 0 Å². The minimum Gasteiger partial charge on any atom is -0.330 e. The van der Waals surface area contributed by atoms with Crippen molar-refractivity contribution in [3.05, 3.63) is 45.7 Å². The summed E-state index contributed by atoms with van der Waals surface area (Å²) in [6.07, 6.45) is 0.883. The molecule has 2 N–H and O–H groups in total. The lowest BCUT2D eigenvalue weighted by molar-refractivity contribution is 0.831. The van der Waals surface area contributed by atoms with Crippen LogP contribution in [0.15, 0.2) is 28.7 Å². The second-order valence-corrected chi connectivity index (χ2v) is 4.99. The second kappa shape index (κ2) is 5.02. The highest BCUT2D eigenvalue weighted by Gasteiger charge is 2.11. The Morgan fingerprint density at radius 1 is 1.24 bits per heavy atom. The van der Waals surface area contributed by atoms with Crippen LogP contribution in [0.2, 0.25) is 0 Å². The van der Waals surface area contributed by atoms with Crippen LogP contribution in [0.1, 0.15) is 17.0 Å². The van der Waals surface area contributed by atoms with Crippen molar-refractivity contribution in [3.8, 4) is 5.69 Å². The molecule has 0 fully saturated rings. The molecule has 3 nitrogen and oxygen atoms in total. The van der Waals surface area contributed by atoms with E-state index in [1.165, 1.54) is 11.3 Å². The Labute approximate surface area is 110 Å². The van der Waals surface area contributed by atoms with Crippen molar-refractivity contribution in [3.63, 3.8) is 0 Å². The predicted molar refractivity (Wildman–Crippen MR) is 73.5 cm³/mol. The smallest absolute Gasteiger partial charge is 0.0649 e. The summed E-state index contributed by atoms with van der Waals surface area (Å²) in [6.45, 7) is 4.79.